The average Bonchev–Trinajstić information content (AvgIpc) is 2.61. The van der Waals surface area contributed by atoms with Crippen molar-refractivity contribution in [1.29, 1.82) is 0 Å². The Balaban J connectivity index is 2.62. The molecule has 2 aromatic rings. The van der Waals surface area contributed by atoms with Crippen LogP contribution in [0.15, 0.2) is 30.5 Å². The van der Waals surface area contributed by atoms with Crippen LogP contribution in [-0.4, -0.2) is 11.0 Å². The molecule has 0 aliphatic carbocycles. The number of rotatable bonds is 2. The van der Waals surface area contributed by atoms with Gasteiger partial charge in [0.15, 0.2) is 0 Å². The summed E-state index contributed by atoms with van der Waals surface area (Å²) < 4.78 is 27.4. The van der Waals surface area contributed by atoms with Gasteiger partial charge in [0, 0.05) is 22.7 Å². The Labute approximate surface area is 86.1 Å². The van der Waals surface area contributed by atoms with Crippen molar-refractivity contribution in [3.63, 3.8) is 0 Å². The van der Waals surface area contributed by atoms with E-state index in [0.29, 0.717) is 10.9 Å². The van der Waals surface area contributed by atoms with Crippen LogP contribution in [0.25, 0.3) is 10.9 Å². The number of hydrogen-bond donors (Lipinski definition) is 2. The zero-order chi connectivity index (χ0) is 11.1. The second-order valence-corrected chi connectivity index (χ2v) is 3.66. The van der Waals surface area contributed by atoms with Crippen molar-refractivity contribution in [2.75, 3.05) is 0 Å². The molecule has 0 amide bonds. The zero-order valence-corrected chi connectivity index (χ0v) is 8.30. The molecule has 0 aliphatic heterocycles. The average molecular weight is 210 g/mol. The van der Waals surface area contributed by atoms with Gasteiger partial charge in [0.25, 0.3) is 5.92 Å². The second kappa shape index (κ2) is 3.31. The van der Waals surface area contributed by atoms with Crippen LogP contribution in [0.5, 0.6) is 0 Å². The molecule has 2 rings (SSSR count). The summed E-state index contributed by atoms with van der Waals surface area (Å²) in [6.45, 7) is 1.31. The Hall–Kier alpha value is -1.42. The van der Waals surface area contributed by atoms with E-state index >= 15 is 0 Å². The molecule has 1 heterocycles. The van der Waals surface area contributed by atoms with E-state index in [1.165, 1.54) is 13.1 Å². The van der Waals surface area contributed by atoms with Crippen LogP contribution < -0.4 is 5.73 Å². The summed E-state index contributed by atoms with van der Waals surface area (Å²) in [5, 5.41) is 0.528. The molecule has 0 saturated carbocycles. The summed E-state index contributed by atoms with van der Waals surface area (Å²) in [4.78, 5) is 2.81. The first-order valence-electron chi connectivity index (χ1n) is 4.73. The summed E-state index contributed by atoms with van der Waals surface area (Å²) >= 11 is 0. The van der Waals surface area contributed by atoms with Gasteiger partial charge in [-0.05, 0) is 13.0 Å². The monoisotopic (exact) mass is 210 g/mol. The number of alkyl halides is 2. The topological polar surface area (TPSA) is 41.8 Å². The number of para-hydroxylation sites is 1. The smallest absolute Gasteiger partial charge is 0.289 e. The maximum Gasteiger partial charge on any atom is 0.289 e. The number of benzene rings is 1. The summed E-state index contributed by atoms with van der Waals surface area (Å²) in [5.74, 6) is -3.00. The van der Waals surface area contributed by atoms with E-state index in [-0.39, 0.29) is 5.56 Å². The normalized spacial score (nSPS) is 14.4. The van der Waals surface area contributed by atoms with Crippen LogP contribution in [0.1, 0.15) is 12.5 Å². The SMILES string of the molecule is CC(N)C(F)(F)c1c[nH]c2ccccc12. The fourth-order valence-electron chi connectivity index (χ4n) is 1.59. The zero-order valence-electron chi connectivity index (χ0n) is 8.30. The predicted octanol–water partition coefficient (Wildman–Crippen LogP) is 2.61. The minimum absolute atomic E-state index is 0.0342. The van der Waals surface area contributed by atoms with Gasteiger partial charge < -0.3 is 10.7 Å². The lowest BCUT2D eigenvalue weighted by Crippen LogP contribution is -2.35. The largest absolute Gasteiger partial charge is 0.361 e. The maximum absolute atomic E-state index is 13.7. The molecule has 0 radical (unpaired) electrons. The lowest BCUT2D eigenvalue weighted by atomic mass is 10.0. The van der Waals surface area contributed by atoms with Crippen molar-refractivity contribution in [3.8, 4) is 0 Å². The number of hydrogen-bond acceptors (Lipinski definition) is 1. The van der Waals surface area contributed by atoms with Crippen LogP contribution in [0, 0.1) is 0 Å². The van der Waals surface area contributed by atoms with Crippen molar-refractivity contribution in [2.45, 2.75) is 18.9 Å². The van der Waals surface area contributed by atoms with Crippen LogP contribution in [0.2, 0.25) is 0 Å². The van der Waals surface area contributed by atoms with Crippen LogP contribution in [0.3, 0.4) is 0 Å². The van der Waals surface area contributed by atoms with Crippen molar-refractivity contribution >= 4 is 10.9 Å². The van der Waals surface area contributed by atoms with Crippen molar-refractivity contribution < 1.29 is 8.78 Å². The number of nitrogens with one attached hydrogen (secondary N) is 1. The third kappa shape index (κ3) is 1.51. The minimum Gasteiger partial charge on any atom is -0.361 e. The Bertz CT molecular complexity index is 474. The van der Waals surface area contributed by atoms with E-state index in [1.807, 2.05) is 0 Å². The molecule has 0 fully saturated rings. The van der Waals surface area contributed by atoms with Crippen LogP contribution in [-0.2, 0) is 5.92 Å². The van der Waals surface area contributed by atoms with E-state index in [0.717, 1.165) is 0 Å². The number of aromatic nitrogens is 1. The summed E-state index contributed by atoms with van der Waals surface area (Å²) in [7, 11) is 0. The molecule has 0 saturated heterocycles. The molecule has 1 aromatic heterocycles. The highest BCUT2D eigenvalue weighted by molar-refractivity contribution is 5.83. The molecule has 1 atom stereocenters. The van der Waals surface area contributed by atoms with Crippen molar-refractivity contribution in [1.82, 2.24) is 4.98 Å². The first-order chi connectivity index (χ1) is 7.03. The molecule has 0 bridgehead atoms. The second-order valence-electron chi connectivity index (χ2n) is 3.66. The van der Waals surface area contributed by atoms with E-state index in [1.54, 1.807) is 24.3 Å². The van der Waals surface area contributed by atoms with Gasteiger partial charge in [0.05, 0.1) is 6.04 Å². The first-order valence-corrected chi connectivity index (χ1v) is 4.73. The summed E-state index contributed by atoms with van der Waals surface area (Å²) in [6, 6.07) is 5.76. The predicted molar refractivity (Wildman–Crippen MR) is 55.8 cm³/mol. The molecule has 80 valence electrons. The summed E-state index contributed by atoms with van der Waals surface area (Å²) in [6.07, 6.45) is 1.33. The van der Waals surface area contributed by atoms with Gasteiger partial charge in [-0.15, -0.1) is 0 Å². The van der Waals surface area contributed by atoms with Gasteiger partial charge in [-0.25, -0.2) is 0 Å². The van der Waals surface area contributed by atoms with E-state index in [9.17, 15) is 8.78 Å². The van der Waals surface area contributed by atoms with Gasteiger partial charge >= 0.3 is 0 Å². The molecular formula is C11H12F2N2. The molecule has 0 aliphatic rings. The third-order valence-electron chi connectivity index (χ3n) is 2.52. The van der Waals surface area contributed by atoms with Crippen molar-refractivity contribution in [3.05, 3.63) is 36.0 Å². The Morgan fingerprint density at radius 3 is 2.67 bits per heavy atom. The number of H-pyrrole nitrogens is 1. The maximum atomic E-state index is 13.7. The molecular weight excluding hydrogens is 198 g/mol. The highest BCUT2D eigenvalue weighted by Gasteiger charge is 2.38. The van der Waals surface area contributed by atoms with E-state index in [4.69, 9.17) is 5.73 Å². The lowest BCUT2D eigenvalue weighted by molar-refractivity contribution is -0.0241. The Morgan fingerprint density at radius 1 is 1.33 bits per heavy atom. The molecule has 0 spiro atoms. The third-order valence-corrected chi connectivity index (χ3v) is 2.52. The number of fused-ring (bicyclic) bond motifs is 1. The standard InChI is InChI=1S/C11H12F2N2/c1-7(14)11(12,13)9-6-15-10-5-3-2-4-8(9)10/h2-7,15H,14H2,1H3. The summed E-state index contributed by atoms with van der Waals surface area (Å²) in [5.41, 5.74) is 5.96. The first kappa shape index (κ1) is 10.1. The van der Waals surface area contributed by atoms with Gasteiger partial charge in [-0.2, -0.15) is 8.78 Å². The van der Waals surface area contributed by atoms with Crippen molar-refractivity contribution in [2.24, 2.45) is 5.73 Å². The molecule has 3 N–H and O–H groups in total. The van der Waals surface area contributed by atoms with Crippen LogP contribution >= 0.6 is 0 Å². The Kier molecular flexibility index (Phi) is 2.23. The van der Waals surface area contributed by atoms with Gasteiger partial charge in [-0.1, -0.05) is 18.2 Å². The van der Waals surface area contributed by atoms with Gasteiger partial charge in [0.1, 0.15) is 0 Å². The lowest BCUT2D eigenvalue weighted by Gasteiger charge is -2.19. The molecule has 4 heteroatoms. The van der Waals surface area contributed by atoms with Gasteiger partial charge in [-0.3, -0.25) is 0 Å². The number of aromatic amines is 1. The molecule has 1 aromatic carbocycles. The fraction of sp³-hybridized carbons (Fsp3) is 0.273. The minimum atomic E-state index is -3.00. The van der Waals surface area contributed by atoms with E-state index in [2.05, 4.69) is 4.98 Å². The fourth-order valence-corrected chi connectivity index (χ4v) is 1.59. The number of halogens is 2. The Morgan fingerprint density at radius 2 is 2.00 bits per heavy atom. The number of nitrogens with two attached hydrogens (primary N) is 1. The highest BCUT2D eigenvalue weighted by atomic mass is 19.3. The van der Waals surface area contributed by atoms with E-state index < -0.39 is 12.0 Å². The quantitative estimate of drug-likeness (QED) is 0.786. The van der Waals surface area contributed by atoms with Crippen LogP contribution in [0.4, 0.5) is 8.78 Å². The highest BCUT2D eigenvalue weighted by Crippen LogP contribution is 2.35. The molecule has 1 unspecified atom stereocenters. The molecule has 15 heavy (non-hydrogen) atoms. The molecule has 2 nitrogen and oxygen atoms in total. The van der Waals surface area contributed by atoms with Gasteiger partial charge in [0.2, 0.25) is 0 Å².